The van der Waals surface area contributed by atoms with Crippen LogP contribution >= 0.6 is 0 Å². The van der Waals surface area contributed by atoms with Crippen molar-refractivity contribution in [2.45, 2.75) is 11.4 Å². The van der Waals surface area contributed by atoms with Gasteiger partial charge in [-0.25, -0.2) is 12.8 Å². The summed E-state index contributed by atoms with van der Waals surface area (Å²) in [5.41, 5.74) is 5.85. The number of halogens is 1. The number of nitrogens with one attached hydrogen (secondary N) is 1. The molecular formula is C12H12FN3O2S. The van der Waals surface area contributed by atoms with Crippen molar-refractivity contribution in [1.29, 1.82) is 0 Å². The van der Waals surface area contributed by atoms with Crippen LogP contribution < -0.4 is 10.5 Å². The maximum atomic E-state index is 13.0. The van der Waals surface area contributed by atoms with Crippen LogP contribution in [0.1, 0.15) is 5.69 Å². The van der Waals surface area contributed by atoms with Crippen molar-refractivity contribution in [3.63, 3.8) is 0 Å². The SMILES string of the molecule is NCc1ncccc1S(=O)(=O)Nc1cccc(F)c1. The van der Waals surface area contributed by atoms with Gasteiger partial charge in [0.1, 0.15) is 10.7 Å². The van der Waals surface area contributed by atoms with Crippen molar-refractivity contribution in [2.75, 3.05) is 4.72 Å². The molecule has 0 saturated heterocycles. The molecule has 2 aromatic rings. The minimum atomic E-state index is -3.83. The second-order valence-electron chi connectivity index (χ2n) is 3.77. The van der Waals surface area contributed by atoms with Crippen LogP contribution in [-0.4, -0.2) is 13.4 Å². The van der Waals surface area contributed by atoms with E-state index in [1.165, 1.54) is 36.5 Å². The number of rotatable bonds is 4. The summed E-state index contributed by atoms with van der Waals surface area (Å²) in [6, 6.07) is 8.10. The number of aromatic nitrogens is 1. The van der Waals surface area contributed by atoms with Gasteiger partial charge in [0.15, 0.2) is 0 Å². The average Bonchev–Trinajstić information content (AvgIpc) is 2.38. The van der Waals surface area contributed by atoms with E-state index in [0.717, 1.165) is 6.07 Å². The summed E-state index contributed by atoms with van der Waals surface area (Å²) in [5.74, 6) is -0.523. The van der Waals surface area contributed by atoms with Crippen molar-refractivity contribution in [1.82, 2.24) is 4.98 Å². The summed E-state index contributed by atoms with van der Waals surface area (Å²) in [6.45, 7) is 0.000232. The first kappa shape index (κ1) is 13.4. The number of hydrogen-bond donors (Lipinski definition) is 2. The van der Waals surface area contributed by atoms with Gasteiger partial charge in [-0.05, 0) is 30.3 Å². The summed E-state index contributed by atoms with van der Waals surface area (Å²) in [6.07, 6.45) is 1.46. The Morgan fingerprint density at radius 2 is 2.05 bits per heavy atom. The molecule has 5 nitrogen and oxygen atoms in total. The fourth-order valence-corrected chi connectivity index (χ4v) is 2.83. The van der Waals surface area contributed by atoms with Crippen molar-refractivity contribution >= 4 is 15.7 Å². The Hall–Kier alpha value is -1.99. The summed E-state index contributed by atoms with van der Waals surface area (Å²) < 4.78 is 39.6. The Morgan fingerprint density at radius 3 is 2.74 bits per heavy atom. The summed E-state index contributed by atoms with van der Waals surface area (Å²) in [7, 11) is -3.83. The highest BCUT2D eigenvalue weighted by atomic mass is 32.2. The molecule has 0 spiro atoms. The highest BCUT2D eigenvalue weighted by Crippen LogP contribution is 2.18. The molecule has 3 N–H and O–H groups in total. The molecule has 0 aliphatic carbocycles. The second kappa shape index (κ2) is 5.33. The van der Waals surface area contributed by atoms with Crippen molar-refractivity contribution in [3.8, 4) is 0 Å². The molecule has 0 aliphatic rings. The van der Waals surface area contributed by atoms with Crippen molar-refractivity contribution in [3.05, 3.63) is 54.1 Å². The molecule has 1 aromatic carbocycles. The Balaban J connectivity index is 2.38. The van der Waals surface area contributed by atoms with E-state index in [1.807, 2.05) is 0 Å². The number of hydrogen-bond acceptors (Lipinski definition) is 4. The molecule has 0 saturated carbocycles. The lowest BCUT2D eigenvalue weighted by Crippen LogP contribution is -2.17. The first-order valence-electron chi connectivity index (χ1n) is 5.45. The molecule has 0 unspecified atom stereocenters. The van der Waals surface area contributed by atoms with Gasteiger partial charge in [-0.2, -0.15) is 0 Å². The van der Waals surface area contributed by atoms with Crippen LogP contribution in [0.3, 0.4) is 0 Å². The lowest BCUT2D eigenvalue weighted by Gasteiger charge is -2.10. The van der Waals surface area contributed by atoms with E-state index in [2.05, 4.69) is 9.71 Å². The molecule has 0 amide bonds. The first-order chi connectivity index (χ1) is 9.03. The van der Waals surface area contributed by atoms with Gasteiger partial charge in [0.05, 0.1) is 11.4 Å². The van der Waals surface area contributed by atoms with Crippen LogP contribution in [0.5, 0.6) is 0 Å². The summed E-state index contributed by atoms with van der Waals surface area (Å²) in [4.78, 5) is 3.89. The van der Waals surface area contributed by atoms with Crippen LogP contribution in [0.2, 0.25) is 0 Å². The maximum absolute atomic E-state index is 13.0. The molecule has 0 aliphatic heterocycles. The van der Waals surface area contributed by atoms with E-state index >= 15 is 0 Å². The molecule has 2 rings (SSSR count). The molecule has 0 atom stereocenters. The Morgan fingerprint density at radius 1 is 1.26 bits per heavy atom. The average molecular weight is 281 g/mol. The molecule has 19 heavy (non-hydrogen) atoms. The number of anilines is 1. The molecule has 1 aromatic heterocycles. The largest absolute Gasteiger partial charge is 0.325 e. The Bertz CT molecular complexity index is 689. The van der Waals surface area contributed by atoms with Gasteiger partial charge in [-0.3, -0.25) is 9.71 Å². The third-order valence-corrected chi connectivity index (χ3v) is 3.86. The van der Waals surface area contributed by atoms with Gasteiger partial charge >= 0.3 is 0 Å². The topological polar surface area (TPSA) is 85.1 Å². The van der Waals surface area contributed by atoms with E-state index in [-0.39, 0.29) is 22.8 Å². The molecule has 7 heteroatoms. The maximum Gasteiger partial charge on any atom is 0.263 e. The van der Waals surface area contributed by atoms with Crippen LogP contribution in [0.25, 0.3) is 0 Å². The number of pyridine rings is 1. The second-order valence-corrected chi connectivity index (χ2v) is 5.42. The predicted octanol–water partition coefficient (Wildman–Crippen LogP) is 1.48. The zero-order chi connectivity index (χ0) is 13.9. The number of sulfonamides is 1. The lowest BCUT2D eigenvalue weighted by atomic mass is 10.3. The van der Waals surface area contributed by atoms with Crippen LogP contribution in [0, 0.1) is 5.82 Å². The number of benzene rings is 1. The number of nitrogens with zero attached hydrogens (tertiary/aromatic N) is 1. The molecule has 0 fully saturated rings. The third kappa shape index (κ3) is 3.07. The van der Waals surface area contributed by atoms with Crippen LogP contribution in [0.15, 0.2) is 47.5 Å². The lowest BCUT2D eigenvalue weighted by molar-refractivity contribution is 0.599. The molecule has 0 radical (unpaired) electrons. The standard InChI is InChI=1S/C12H12FN3O2S/c13-9-3-1-4-10(7-9)16-19(17,18)12-5-2-6-15-11(12)8-14/h1-7,16H,8,14H2. The zero-order valence-corrected chi connectivity index (χ0v) is 10.7. The monoisotopic (exact) mass is 281 g/mol. The van der Waals surface area contributed by atoms with Gasteiger partial charge in [-0.15, -0.1) is 0 Å². The van der Waals surface area contributed by atoms with E-state index < -0.39 is 15.8 Å². The van der Waals surface area contributed by atoms with Gasteiger partial charge in [-0.1, -0.05) is 6.07 Å². The third-order valence-electron chi connectivity index (χ3n) is 2.41. The zero-order valence-electron chi connectivity index (χ0n) is 9.88. The fraction of sp³-hybridized carbons (Fsp3) is 0.0833. The molecule has 100 valence electrons. The van der Waals surface area contributed by atoms with E-state index in [0.29, 0.717) is 0 Å². The van der Waals surface area contributed by atoms with E-state index in [9.17, 15) is 12.8 Å². The minimum absolute atomic E-state index is 0.000232. The first-order valence-corrected chi connectivity index (χ1v) is 6.93. The van der Waals surface area contributed by atoms with Crippen molar-refractivity contribution in [2.24, 2.45) is 5.73 Å². The number of nitrogens with two attached hydrogens (primary N) is 1. The van der Waals surface area contributed by atoms with Gasteiger partial charge in [0.2, 0.25) is 0 Å². The summed E-state index contributed by atoms with van der Waals surface area (Å²) in [5, 5.41) is 0. The van der Waals surface area contributed by atoms with Crippen LogP contribution in [-0.2, 0) is 16.6 Å². The molecule has 1 heterocycles. The Labute approximate surface area is 110 Å². The van der Waals surface area contributed by atoms with Gasteiger partial charge < -0.3 is 5.73 Å². The smallest absolute Gasteiger partial charge is 0.263 e. The van der Waals surface area contributed by atoms with Gasteiger partial charge in [0, 0.05) is 12.7 Å². The quantitative estimate of drug-likeness (QED) is 0.889. The van der Waals surface area contributed by atoms with E-state index in [1.54, 1.807) is 0 Å². The molecule has 0 bridgehead atoms. The fourth-order valence-electron chi connectivity index (χ4n) is 1.58. The van der Waals surface area contributed by atoms with Crippen LogP contribution in [0.4, 0.5) is 10.1 Å². The highest BCUT2D eigenvalue weighted by Gasteiger charge is 2.18. The Kier molecular flexibility index (Phi) is 3.77. The highest BCUT2D eigenvalue weighted by molar-refractivity contribution is 7.92. The molecular weight excluding hydrogens is 269 g/mol. The van der Waals surface area contributed by atoms with Crippen molar-refractivity contribution < 1.29 is 12.8 Å². The van der Waals surface area contributed by atoms with E-state index in [4.69, 9.17) is 5.73 Å². The minimum Gasteiger partial charge on any atom is -0.325 e. The summed E-state index contributed by atoms with van der Waals surface area (Å²) >= 11 is 0. The predicted molar refractivity (Wildman–Crippen MR) is 69.3 cm³/mol. The normalized spacial score (nSPS) is 11.3. The van der Waals surface area contributed by atoms with Gasteiger partial charge in [0.25, 0.3) is 10.0 Å².